The zero-order chi connectivity index (χ0) is 14.2. The molecule has 0 saturated carbocycles. The Balaban J connectivity index is 2.46. The van der Waals surface area contributed by atoms with Gasteiger partial charge in [-0.05, 0) is 33.8 Å². The predicted molar refractivity (Wildman–Crippen MR) is 73.1 cm³/mol. The Hall–Kier alpha value is -0.770. The molecule has 0 aliphatic carbocycles. The largest absolute Gasteiger partial charge is 0.294 e. The van der Waals surface area contributed by atoms with Gasteiger partial charge in [0.25, 0.3) is 10.0 Å². The number of piperazine rings is 1. The summed E-state index contributed by atoms with van der Waals surface area (Å²) in [5, 5.41) is 3.78. The Kier molecular flexibility index (Phi) is 4.09. The molecule has 104 valence electrons. The highest BCUT2D eigenvalue weighted by molar-refractivity contribution is 9.10. The predicted octanol–water partition coefficient (Wildman–Crippen LogP) is 0.936. The van der Waals surface area contributed by atoms with E-state index in [0.29, 0.717) is 10.9 Å². The maximum Gasteiger partial charge on any atom is 0.254 e. The molecule has 2 rings (SSSR count). The summed E-state index contributed by atoms with van der Waals surface area (Å²) < 4.78 is 26.5. The van der Waals surface area contributed by atoms with Crippen molar-refractivity contribution in [3.05, 3.63) is 15.9 Å². The Morgan fingerprint density at radius 3 is 2.74 bits per heavy atom. The number of halogens is 1. The fourth-order valence-corrected chi connectivity index (χ4v) is 5.90. The van der Waals surface area contributed by atoms with Gasteiger partial charge in [-0.1, -0.05) is 6.92 Å². The van der Waals surface area contributed by atoms with E-state index in [1.165, 1.54) is 0 Å². The number of hydrogen-bond donors (Lipinski definition) is 1. The van der Waals surface area contributed by atoms with Crippen molar-refractivity contribution in [1.29, 1.82) is 0 Å². The first-order valence-corrected chi connectivity index (χ1v) is 8.57. The van der Waals surface area contributed by atoms with Crippen LogP contribution in [0.4, 0.5) is 0 Å². The lowest BCUT2D eigenvalue weighted by Gasteiger charge is -2.31. The van der Waals surface area contributed by atoms with Crippen molar-refractivity contribution < 1.29 is 18.0 Å². The lowest BCUT2D eigenvalue weighted by atomic mass is 10.2. The molecule has 1 N–H and O–H groups in total. The maximum atomic E-state index is 12.5. The lowest BCUT2D eigenvalue weighted by molar-refractivity contribution is -0.137. The van der Waals surface area contributed by atoms with Gasteiger partial charge in [-0.25, -0.2) is 8.42 Å². The monoisotopic (exact) mass is 366 g/mol. The smallest absolute Gasteiger partial charge is 0.254 e. The Bertz CT molecular complexity index is 625. The molecule has 1 saturated heterocycles. The molecule has 1 atom stereocenters. The van der Waals surface area contributed by atoms with Gasteiger partial charge in [-0.15, -0.1) is 11.3 Å². The third-order valence-corrected chi connectivity index (χ3v) is 7.23. The van der Waals surface area contributed by atoms with E-state index in [-0.39, 0.29) is 10.8 Å². The van der Waals surface area contributed by atoms with Crippen LogP contribution in [0.25, 0.3) is 0 Å². The van der Waals surface area contributed by atoms with E-state index in [0.717, 1.165) is 15.6 Å². The summed E-state index contributed by atoms with van der Waals surface area (Å²) in [4.78, 5) is 23.1. The highest BCUT2D eigenvalue weighted by Crippen LogP contribution is 2.32. The van der Waals surface area contributed by atoms with Gasteiger partial charge in [0.05, 0.1) is 6.54 Å². The van der Waals surface area contributed by atoms with Gasteiger partial charge in [0, 0.05) is 4.47 Å². The van der Waals surface area contributed by atoms with Crippen LogP contribution in [0.1, 0.15) is 13.3 Å². The first kappa shape index (κ1) is 14.6. The van der Waals surface area contributed by atoms with Gasteiger partial charge in [-0.3, -0.25) is 14.9 Å². The van der Waals surface area contributed by atoms with Gasteiger partial charge >= 0.3 is 0 Å². The number of hydrogen-bond acceptors (Lipinski definition) is 5. The van der Waals surface area contributed by atoms with E-state index in [1.807, 2.05) is 0 Å². The first-order chi connectivity index (χ1) is 8.87. The Morgan fingerprint density at radius 2 is 2.21 bits per heavy atom. The molecule has 1 aromatic heterocycles. The molecular weight excluding hydrogens is 356 g/mol. The molecule has 1 fully saturated rings. The number of imide groups is 1. The Labute approximate surface area is 123 Å². The van der Waals surface area contributed by atoms with Crippen LogP contribution in [-0.2, 0) is 19.6 Å². The molecule has 9 heteroatoms. The van der Waals surface area contributed by atoms with Crippen LogP contribution < -0.4 is 5.32 Å². The van der Waals surface area contributed by atoms with Crippen molar-refractivity contribution in [2.24, 2.45) is 0 Å². The second kappa shape index (κ2) is 5.31. The molecule has 1 unspecified atom stereocenters. The molecule has 19 heavy (non-hydrogen) atoms. The van der Waals surface area contributed by atoms with E-state index in [4.69, 9.17) is 0 Å². The summed E-state index contributed by atoms with van der Waals surface area (Å²) in [6, 6.07) is 0.765. The number of carbonyl (C=O) groups excluding carboxylic acids is 2. The summed E-state index contributed by atoms with van der Waals surface area (Å²) in [7, 11) is -3.85. The third kappa shape index (κ3) is 2.60. The fraction of sp³-hybridized carbons (Fsp3) is 0.400. The minimum absolute atomic E-state index is 0.105. The van der Waals surface area contributed by atoms with Crippen molar-refractivity contribution in [2.45, 2.75) is 23.6 Å². The molecule has 0 spiro atoms. The molecule has 1 aliphatic rings. The molecular formula is C10H11BrN2O4S2. The van der Waals surface area contributed by atoms with Crippen molar-refractivity contribution in [3.63, 3.8) is 0 Å². The van der Waals surface area contributed by atoms with Crippen LogP contribution in [0.15, 0.2) is 20.1 Å². The molecule has 0 radical (unpaired) electrons. The maximum absolute atomic E-state index is 12.5. The van der Waals surface area contributed by atoms with Crippen LogP contribution in [0.5, 0.6) is 0 Å². The molecule has 2 heterocycles. The topological polar surface area (TPSA) is 83.6 Å². The number of carbonyl (C=O) groups is 2. The van der Waals surface area contributed by atoms with Crippen LogP contribution >= 0.6 is 27.3 Å². The second-order valence-electron chi connectivity index (χ2n) is 3.94. The van der Waals surface area contributed by atoms with Crippen molar-refractivity contribution in [1.82, 2.24) is 9.62 Å². The number of amides is 2. The number of nitrogens with one attached hydrogen (secondary N) is 1. The third-order valence-electron chi connectivity index (χ3n) is 2.73. The second-order valence-corrected chi connectivity index (χ2v) is 7.80. The quantitative estimate of drug-likeness (QED) is 0.806. The van der Waals surface area contributed by atoms with Crippen LogP contribution in [0, 0.1) is 0 Å². The molecule has 1 aromatic rings. The minimum atomic E-state index is -3.85. The summed E-state index contributed by atoms with van der Waals surface area (Å²) in [6.45, 7) is 1.36. The molecule has 6 nitrogen and oxygen atoms in total. The zero-order valence-corrected chi connectivity index (χ0v) is 13.1. The van der Waals surface area contributed by atoms with Crippen LogP contribution in [0.3, 0.4) is 0 Å². The first-order valence-electron chi connectivity index (χ1n) is 5.46. The van der Waals surface area contributed by atoms with Crippen LogP contribution in [0.2, 0.25) is 0 Å². The Morgan fingerprint density at radius 1 is 1.53 bits per heavy atom. The number of thiophene rings is 1. The molecule has 0 aromatic carbocycles. The summed E-state index contributed by atoms with van der Waals surface area (Å²) >= 11 is 4.21. The van der Waals surface area contributed by atoms with Gasteiger partial charge in [0.2, 0.25) is 11.8 Å². The van der Waals surface area contributed by atoms with E-state index in [2.05, 4.69) is 21.2 Å². The molecule has 2 amide bonds. The average molecular weight is 367 g/mol. The van der Waals surface area contributed by atoms with E-state index >= 15 is 0 Å². The number of rotatable bonds is 3. The molecule has 1 aliphatic heterocycles. The van der Waals surface area contributed by atoms with Gasteiger partial charge < -0.3 is 0 Å². The summed E-state index contributed by atoms with van der Waals surface area (Å²) in [6.07, 6.45) is 0.307. The fourth-order valence-electron chi connectivity index (χ4n) is 1.85. The lowest BCUT2D eigenvalue weighted by Crippen LogP contribution is -2.59. The molecule has 0 bridgehead atoms. The highest BCUT2D eigenvalue weighted by Gasteiger charge is 2.41. The number of nitrogens with zero attached hydrogens (tertiary/aromatic N) is 1. The number of sulfonamides is 1. The average Bonchev–Trinajstić information content (AvgIpc) is 2.75. The summed E-state index contributed by atoms with van der Waals surface area (Å²) in [5.74, 6) is -1.18. The summed E-state index contributed by atoms with van der Waals surface area (Å²) in [5.41, 5.74) is 0. The van der Waals surface area contributed by atoms with E-state index in [1.54, 1.807) is 18.4 Å². The zero-order valence-electron chi connectivity index (χ0n) is 9.92. The van der Waals surface area contributed by atoms with Gasteiger partial charge in [0.15, 0.2) is 0 Å². The van der Waals surface area contributed by atoms with E-state index < -0.39 is 27.9 Å². The van der Waals surface area contributed by atoms with Crippen molar-refractivity contribution in [2.75, 3.05) is 6.54 Å². The van der Waals surface area contributed by atoms with Gasteiger partial charge in [0.1, 0.15) is 10.3 Å². The SMILES string of the molecule is CCC1C(=O)NC(=O)CN1S(=O)(=O)c1sccc1Br. The van der Waals surface area contributed by atoms with E-state index in [9.17, 15) is 18.0 Å². The standard InChI is InChI=1S/C10H11BrN2O4S2/c1-2-7-9(15)12-8(14)5-13(7)19(16,17)10-6(11)3-4-18-10/h3-4,7H,2,5H2,1H3,(H,12,14,15). The highest BCUT2D eigenvalue weighted by atomic mass is 79.9. The normalized spacial score (nSPS) is 21.5. The van der Waals surface area contributed by atoms with Crippen LogP contribution in [-0.4, -0.2) is 37.1 Å². The minimum Gasteiger partial charge on any atom is -0.294 e. The van der Waals surface area contributed by atoms with Gasteiger partial charge in [-0.2, -0.15) is 4.31 Å². The van der Waals surface area contributed by atoms with Crippen molar-refractivity contribution in [3.8, 4) is 0 Å². The van der Waals surface area contributed by atoms with Crippen molar-refractivity contribution >= 4 is 49.1 Å².